The third-order valence-electron chi connectivity index (χ3n) is 5.74. The molecule has 1 aromatic carbocycles. The van der Waals surface area contributed by atoms with Crippen LogP contribution in [0.1, 0.15) is 46.1 Å². The summed E-state index contributed by atoms with van der Waals surface area (Å²) in [5.41, 5.74) is 1.35. The van der Waals surface area contributed by atoms with E-state index in [4.69, 9.17) is 0 Å². The van der Waals surface area contributed by atoms with Gasteiger partial charge >= 0.3 is 6.18 Å². The Kier molecular flexibility index (Phi) is 5.00. The quantitative estimate of drug-likeness (QED) is 0.394. The van der Waals surface area contributed by atoms with Crippen molar-refractivity contribution in [3.8, 4) is 10.6 Å². The number of nitrogens with zero attached hydrogens (tertiary/aromatic N) is 4. The molecule has 1 amide bonds. The van der Waals surface area contributed by atoms with Crippen molar-refractivity contribution in [1.29, 1.82) is 0 Å². The number of halogens is 3. The molecule has 0 saturated carbocycles. The van der Waals surface area contributed by atoms with Gasteiger partial charge < -0.3 is 4.90 Å². The number of alkyl halides is 3. The van der Waals surface area contributed by atoms with Crippen molar-refractivity contribution in [2.75, 3.05) is 6.54 Å². The van der Waals surface area contributed by atoms with E-state index in [0.717, 1.165) is 34.6 Å². The predicted molar refractivity (Wildman–Crippen MR) is 115 cm³/mol. The van der Waals surface area contributed by atoms with Crippen LogP contribution in [0.25, 0.3) is 16.2 Å². The fourth-order valence-electron chi connectivity index (χ4n) is 4.17. The SMILES string of the molecule is Cc1ccc([C@H]2CCCN2C(=O)c2cnn3c(C(F)(F)F)cc(-c4cccs4)nc23)cc1. The van der Waals surface area contributed by atoms with Gasteiger partial charge in [0.15, 0.2) is 11.3 Å². The molecule has 1 atom stereocenters. The molecule has 1 aliphatic heterocycles. The fourth-order valence-corrected chi connectivity index (χ4v) is 4.85. The summed E-state index contributed by atoms with van der Waals surface area (Å²) in [6.07, 6.45) is -1.82. The van der Waals surface area contributed by atoms with Gasteiger partial charge in [0.25, 0.3) is 5.91 Å². The standard InChI is InChI=1S/C23H19F3N4OS/c1-14-6-8-15(9-7-14)18-4-2-10-29(18)22(31)16-13-27-30-20(23(24,25)26)12-17(28-21(16)30)19-5-3-11-32-19/h3,5-9,11-13,18H,2,4,10H2,1H3/t18-/m1/s1. The molecule has 0 unspecified atom stereocenters. The topological polar surface area (TPSA) is 50.5 Å². The number of amides is 1. The molecular formula is C23H19F3N4OS. The van der Waals surface area contributed by atoms with Crippen molar-refractivity contribution in [2.45, 2.75) is 32.0 Å². The first-order valence-corrected chi connectivity index (χ1v) is 11.1. The van der Waals surface area contributed by atoms with Gasteiger partial charge in [-0.15, -0.1) is 11.3 Å². The van der Waals surface area contributed by atoms with Gasteiger partial charge in [0.2, 0.25) is 0 Å². The highest BCUT2D eigenvalue weighted by atomic mass is 32.1. The minimum Gasteiger partial charge on any atom is -0.331 e. The molecule has 0 bridgehead atoms. The Morgan fingerprint density at radius 2 is 1.97 bits per heavy atom. The lowest BCUT2D eigenvalue weighted by Gasteiger charge is -2.25. The van der Waals surface area contributed by atoms with Crippen LogP contribution >= 0.6 is 11.3 Å². The molecule has 5 nitrogen and oxygen atoms in total. The third-order valence-corrected chi connectivity index (χ3v) is 6.63. The average molecular weight is 456 g/mol. The van der Waals surface area contributed by atoms with Crippen molar-refractivity contribution in [3.63, 3.8) is 0 Å². The summed E-state index contributed by atoms with van der Waals surface area (Å²) in [4.78, 5) is 20.2. The average Bonchev–Trinajstić information content (AvgIpc) is 3.52. The summed E-state index contributed by atoms with van der Waals surface area (Å²) in [6.45, 7) is 2.53. The lowest BCUT2D eigenvalue weighted by atomic mass is 10.0. The van der Waals surface area contributed by atoms with Crippen LogP contribution in [-0.4, -0.2) is 31.9 Å². The first-order chi connectivity index (χ1) is 15.3. The van der Waals surface area contributed by atoms with E-state index < -0.39 is 11.9 Å². The van der Waals surface area contributed by atoms with E-state index >= 15 is 0 Å². The maximum Gasteiger partial charge on any atom is 0.433 e. The van der Waals surface area contributed by atoms with Crippen LogP contribution in [0.4, 0.5) is 13.2 Å². The van der Waals surface area contributed by atoms with Crippen LogP contribution in [0.3, 0.4) is 0 Å². The molecule has 1 saturated heterocycles. The second kappa shape index (κ2) is 7.74. The highest BCUT2D eigenvalue weighted by Gasteiger charge is 2.37. The van der Waals surface area contributed by atoms with E-state index in [1.54, 1.807) is 22.4 Å². The summed E-state index contributed by atoms with van der Waals surface area (Å²) in [5.74, 6) is -0.355. The van der Waals surface area contributed by atoms with Gasteiger partial charge in [-0.05, 0) is 42.8 Å². The maximum atomic E-state index is 13.8. The normalized spacial score (nSPS) is 16.8. The van der Waals surface area contributed by atoms with Gasteiger partial charge in [0.1, 0.15) is 5.56 Å². The summed E-state index contributed by atoms with van der Waals surface area (Å²) >= 11 is 1.29. The molecule has 4 heterocycles. The summed E-state index contributed by atoms with van der Waals surface area (Å²) in [7, 11) is 0. The summed E-state index contributed by atoms with van der Waals surface area (Å²) in [6, 6.07) is 12.3. The number of fused-ring (bicyclic) bond motifs is 1. The van der Waals surface area contributed by atoms with Crippen LogP contribution in [0.2, 0.25) is 0 Å². The number of benzene rings is 1. The predicted octanol–water partition coefficient (Wildman–Crippen LogP) is 5.76. The van der Waals surface area contributed by atoms with Crippen molar-refractivity contribution >= 4 is 22.9 Å². The number of rotatable bonds is 3. The molecule has 32 heavy (non-hydrogen) atoms. The molecule has 9 heteroatoms. The molecule has 164 valence electrons. The van der Waals surface area contributed by atoms with Crippen LogP contribution in [0, 0.1) is 6.92 Å². The van der Waals surface area contributed by atoms with Gasteiger partial charge in [0, 0.05) is 6.54 Å². The minimum absolute atomic E-state index is 0.0768. The van der Waals surface area contributed by atoms with E-state index in [1.807, 2.05) is 31.2 Å². The number of likely N-dealkylation sites (tertiary alicyclic amines) is 1. The third kappa shape index (κ3) is 3.56. The molecule has 0 spiro atoms. The molecule has 3 aromatic heterocycles. The molecule has 0 N–H and O–H groups in total. The number of hydrogen-bond donors (Lipinski definition) is 0. The molecule has 0 radical (unpaired) electrons. The van der Waals surface area contributed by atoms with E-state index in [-0.39, 0.29) is 28.9 Å². The fraction of sp³-hybridized carbons (Fsp3) is 0.261. The van der Waals surface area contributed by atoms with E-state index in [2.05, 4.69) is 10.1 Å². The van der Waals surface area contributed by atoms with Gasteiger partial charge in [-0.2, -0.15) is 18.3 Å². The number of carbonyl (C=O) groups excluding carboxylic acids is 1. The Morgan fingerprint density at radius 1 is 1.19 bits per heavy atom. The van der Waals surface area contributed by atoms with Crippen molar-refractivity contribution in [2.24, 2.45) is 0 Å². The van der Waals surface area contributed by atoms with Crippen LogP contribution in [-0.2, 0) is 6.18 Å². The zero-order valence-corrected chi connectivity index (χ0v) is 18.0. The van der Waals surface area contributed by atoms with Gasteiger partial charge in [-0.1, -0.05) is 35.9 Å². The molecular weight excluding hydrogens is 437 g/mol. The Morgan fingerprint density at radius 3 is 2.66 bits per heavy atom. The Labute approximate surface area is 186 Å². The van der Waals surface area contributed by atoms with Crippen LogP contribution in [0.15, 0.2) is 54.0 Å². The van der Waals surface area contributed by atoms with Gasteiger partial charge in [0.05, 0.1) is 22.8 Å². The highest BCUT2D eigenvalue weighted by Crippen LogP contribution is 2.36. The first-order valence-electron chi connectivity index (χ1n) is 10.2. The molecule has 4 aromatic rings. The van der Waals surface area contributed by atoms with Gasteiger partial charge in [-0.25, -0.2) is 9.50 Å². The molecule has 1 fully saturated rings. The monoisotopic (exact) mass is 456 g/mol. The zero-order chi connectivity index (χ0) is 22.5. The van der Waals surface area contributed by atoms with Gasteiger partial charge in [-0.3, -0.25) is 4.79 Å². The summed E-state index contributed by atoms with van der Waals surface area (Å²) in [5, 5.41) is 5.67. The summed E-state index contributed by atoms with van der Waals surface area (Å²) < 4.78 is 42.1. The lowest BCUT2D eigenvalue weighted by Crippen LogP contribution is -2.30. The molecule has 5 rings (SSSR count). The largest absolute Gasteiger partial charge is 0.433 e. The molecule has 1 aliphatic rings. The van der Waals surface area contributed by atoms with Crippen molar-refractivity contribution in [3.05, 3.63) is 76.4 Å². The lowest BCUT2D eigenvalue weighted by molar-refractivity contribution is -0.142. The Bertz CT molecular complexity index is 1280. The number of aromatic nitrogens is 3. The maximum absolute atomic E-state index is 13.8. The zero-order valence-electron chi connectivity index (χ0n) is 17.1. The Hall–Kier alpha value is -3.20. The highest BCUT2D eigenvalue weighted by molar-refractivity contribution is 7.13. The van der Waals surface area contributed by atoms with Crippen molar-refractivity contribution < 1.29 is 18.0 Å². The van der Waals surface area contributed by atoms with Crippen molar-refractivity contribution in [1.82, 2.24) is 19.5 Å². The first kappa shape index (κ1) is 20.7. The molecule has 0 aliphatic carbocycles. The number of hydrogen-bond acceptors (Lipinski definition) is 4. The smallest absolute Gasteiger partial charge is 0.331 e. The van der Waals surface area contributed by atoms with E-state index in [1.165, 1.54) is 17.5 Å². The van der Waals surface area contributed by atoms with E-state index in [9.17, 15) is 18.0 Å². The number of carbonyl (C=O) groups is 1. The van der Waals surface area contributed by atoms with Crippen LogP contribution < -0.4 is 0 Å². The van der Waals surface area contributed by atoms with E-state index in [0.29, 0.717) is 11.4 Å². The van der Waals surface area contributed by atoms with Crippen LogP contribution in [0.5, 0.6) is 0 Å². The number of aryl methyl sites for hydroxylation is 1. The number of thiophene rings is 1. The second-order valence-corrected chi connectivity index (χ2v) is 8.81. The minimum atomic E-state index is -4.64. The Balaban J connectivity index is 1.60. The second-order valence-electron chi connectivity index (χ2n) is 7.86.